The van der Waals surface area contributed by atoms with Crippen LogP contribution < -0.4 is 5.32 Å². The van der Waals surface area contributed by atoms with E-state index < -0.39 is 12.1 Å². The molecule has 64 valence electrons. The first kappa shape index (κ1) is 8.49. The Morgan fingerprint density at radius 1 is 1.73 bits per heavy atom. The summed E-state index contributed by atoms with van der Waals surface area (Å²) in [5.74, 6) is -0.871. The van der Waals surface area contributed by atoms with Gasteiger partial charge in [0.15, 0.2) is 6.10 Å². The average molecular weight is 159 g/mol. The number of carboxylic acid groups (broad SMARTS) is 1. The number of hydrogen-bond donors (Lipinski definition) is 2. The van der Waals surface area contributed by atoms with Crippen LogP contribution in [0.25, 0.3) is 0 Å². The second kappa shape index (κ2) is 3.69. The maximum atomic E-state index is 10.6. The van der Waals surface area contributed by atoms with E-state index >= 15 is 0 Å². The van der Waals surface area contributed by atoms with Crippen LogP contribution in [0.2, 0.25) is 0 Å². The number of carbonyl (C=O) groups is 1. The van der Waals surface area contributed by atoms with Gasteiger partial charge in [-0.1, -0.05) is 0 Å². The van der Waals surface area contributed by atoms with E-state index in [0.717, 1.165) is 12.8 Å². The molecule has 4 heteroatoms. The Hall–Kier alpha value is -0.610. The second-order valence-corrected chi connectivity index (χ2v) is 2.67. The highest BCUT2D eigenvalue weighted by Crippen LogP contribution is 2.13. The van der Waals surface area contributed by atoms with E-state index in [9.17, 15) is 4.79 Å². The third-order valence-corrected chi connectivity index (χ3v) is 1.94. The number of nitrogens with one attached hydrogen (secondary N) is 1. The van der Waals surface area contributed by atoms with Crippen molar-refractivity contribution in [1.82, 2.24) is 5.32 Å². The topological polar surface area (TPSA) is 58.6 Å². The van der Waals surface area contributed by atoms with E-state index in [2.05, 4.69) is 5.32 Å². The van der Waals surface area contributed by atoms with Crippen LogP contribution in [-0.2, 0) is 9.53 Å². The zero-order valence-electron chi connectivity index (χ0n) is 6.54. The molecule has 2 atom stereocenters. The first-order valence-corrected chi connectivity index (χ1v) is 3.77. The van der Waals surface area contributed by atoms with Gasteiger partial charge in [-0.2, -0.15) is 0 Å². The third kappa shape index (κ3) is 1.91. The molecular weight excluding hydrogens is 146 g/mol. The fraction of sp³-hybridized carbons (Fsp3) is 0.857. The second-order valence-electron chi connectivity index (χ2n) is 2.67. The summed E-state index contributed by atoms with van der Waals surface area (Å²) in [6.45, 7) is 0.565. The Bertz CT molecular complexity index is 149. The van der Waals surface area contributed by atoms with Crippen LogP contribution >= 0.6 is 0 Å². The van der Waals surface area contributed by atoms with Gasteiger partial charge in [0.1, 0.15) is 0 Å². The average Bonchev–Trinajstić information content (AvgIpc) is 2.04. The summed E-state index contributed by atoms with van der Waals surface area (Å²) >= 11 is 0. The molecule has 0 aromatic heterocycles. The quantitative estimate of drug-likeness (QED) is 0.587. The highest BCUT2D eigenvalue weighted by Gasteiger charge is 2.30. The Morgan fingerprint density at radius 3 is 2.91 bits per heavy atom. The fourth-order valence-corrected chi connectivity index (χ4v) is 1.32. The van der Waals surface area contributed by atoms with Crippen LogP contribution in [0.3, 0.4) is 0 Å². The van der Waals surface area contributed by atoms with Crippen molar-refractivity contribution in [2.45, 2.75) is 25.0 Å². The van der Waals surface area contributed by atoms with Gasteiger partial charge in [0.25, 0.3) is 0 Å². The summed E-state index contributed by atoms with van der Waals surface area (Å²) in [5, 5.41) is 11.6. The van der Waals surface area contributed by atoms with Crippen molar-refractivity contribution in [3.63, 3.8) is 0 Å². The Labute approximate surface area is 65.5 Å². The zero-order valence-corrected chi connectivity index (χ0v) is 6.54. The predicted octanol–water partition coefficient (Wildman–Crippen LogP) is -0.162. The van der Waals surface area contributed by atoms with E-state index in [1.807, 2.05) is 0 Å². The first-order chi connectivity index (χ1) is 5.25. The zero-order chi connectivity index (χ0) is 8.27. The molecule has 0 amide bonds. The monoisotopic (exact) mass is 159 g/mol. The lowest BCUT2D eigenvalue weighted by atomic mass is 10.0. The highest BCUT2D eigenvalue weighted by atomic mass is 16.5. The maximum absolute atomic E-state index is 10.6. The van der Waals surface area contributed by atoms with Gasteiger partial charge in [-0.3, -0.25) is 0 Å². The van der Waals surface area contributed by atoms with Crippen LogP contribution in [0.1, 0.15) is 12.8 Å². The smallest absolute Gasteiger partial charge is 0.334 e. The van der Waals surface area contributed by atoms with Crippen molar-refractivity contribution in [1.29, 1.82) is 0 Å². The van der Waals surface area contributed by atoms with Gasteiger partial charge in [-0.15, -0.1) is 0 Å². The van der Waals surface area contributed by atoms with Crippen LogP contribution in [0.4, 0.5) is 0 Å². The molecule has 2 unspecified atom stereocenters. The fourth-order valence-electron chi connectivity index (χ4n) is 1.32. The molecule has 0 aromatic rings. The molecule has 0 bridgehead atoms. The molecule has 1 aliphatic rings. The van der Waals surface area contributed by atoms with E-state index in [4.69, 9.17) is 9.84 Å². The van der Waals surface area contributed by atoms with Crippen molar-refractivity contribution >= 4 is 5.97 Å². The van der Waals surface area contributed by atoms with Crippen LogP contribution in [0.15, 0.2) is 0 Å². The summed E-state index contributed by atoms with van der Waals surface area (Å²) in [6, 6.07) is -0.0266. The number of likely N-dealkylation sites (N-methyl/N-ethyl adjacent to an activating group) is 1. The van der Waals surface area contributed by atoms with Crippen molar-refractivity contribution in [2.75, 3.05) is 13.7 Å². The lowest BCUT2D eigenvalue weighted by Crippen LogP contribution is -2.47. The first-order valence-electron chi connectivity index (χ1n) is 3.77. The molecule has 11 heavy (non-hydrogen) atoms. The molecule has 0 aromatic carbocycles. The highest BCUT2D eigenvalue weighted by molar-refractivity contribution is 5.73. The van der Waals surface area contributed by atoms with Gasteiger partial charge in [0.05, 0.1) is 0 Å². The molecule has 1 fully saturated rings. The van der Waals surface area contributed by atoms with Gasteiger partial charge in [0.2, 0.25) is 0 Å². The Balaban J connectivity index is 2.51. The molecular formula is C7H13NO3. The van der Waals surface area contributed by atoms with Crippen molar-refractivity contribution in [3.05, 3.63) is 0 Å². The van der Waals surface area contributed by atoms with Gasteiger partial charge < -0.3 is 15.2 Å². The summed E-state index contributed by atoms with van der Waals surface area (Å²) < 4.78 is 5.08. The van der Waals surface area contributed by atoms with E-state index in [0.29, 0.717) is 6.61 Å². The molecule has 1 aliphatic heterocycles. The van der Waals surface area contributed by atoms with Crippen LogP contribution in [0.5, 0.6) is 0 Å². The standard InChI is InChI=1S/C7H13NO3/c1-8-5-3-2-4-11-6(5)7(9)10/h5-6,8H,2-4H2,1H3,(H,9,10). The molecule has 1 saturated heterocycles. The predicted molar refractivity (Wildman–Crippen MR) is 39.5 cm³/mol. The maximum Gasteiger partial charge on any atom is 0.334 e. The van der Waals surface area contributed by atoms with Crippen molar-refractivity contribution in [2.24, 2.45) is 0 Å². The molecule has 0 spiro atoms. The van der Waals surface area contributed by atoms with Crippen molar-refractivity contribution < 1.29 is 14.6 Å². The number of rotatable bonds is 2. The summed E-state index contributed by atoms with van der Waals surface area (Å²) in [6.07, 6.45) is 1.16. The number of hydrogen-bond acceptors (Lipinski definition) is 3. The number of carboxylic acids is 1. The molecule has 2 N–H and O–H groups in total. The minimum absolute atomic E-state index is 0.0266. The molecule has 4 nitrogen and oxygen atoms in total. The number of aliphatic carboxylic acids is 1. The minimum atomic E-state index is -0.871. The molecule has 1 rings (SSSR count). The summed E-state index contributed by atoms with van der Waals surface area (Å²) in [4.78, 5) is 10.6. The van der Waals surface area contributed by atoms with E-state index in [-0.39, 0.29) is 6.04 Å². The van der Waals surface area contributed by atoms with Gasteiger partial charge >= 0.3 is 5.97 Å². The minimum Gasteiger partial charge on any atom is -0.479 e. The SMILES string of the molecule is CNC1CCCOC1C(=O)O. The van der Waals surface area contributed by atoms with Gasteiger partial charge in [-0.05, 0) is 19.9 Å². The van der Waals surface area contributed by atoms with Crippen LogP contribution in [-0.4, -0.2) is 36.9 Å². The normalized spacial score (nSPS) is 31.7. The van der Waals surface area contributed by atoms with Crippen molar-refractivity contribution in [3.8, 4) is 0 Å². The Kier molecular flexibility index (Phi) is 2.84. The lowest BCUT2D eigenvalue weighted by Gasteiger charge is -2.28. The molecule has 0 saturated carbocycles. The van der Waals surface area contributed by atoms with Crippen LogP contribution in [0, 0.1) is 0 Å². The number of ether oxygens (including phenoxy) is 1. The summed E-state index contributed by atoms with van der Waals surface area (Å²) in [5.41, 5.74) is 0. The molecule has 1 heterocycles. The summed E-state index contributed by atoms with van der Waals surface area (Å²) in [7, 11) is 1.76. The molecule has 0 radical (unpaired) electrons. The van der Waals surface area contributed by atoms with E-state index in [1.54, 1.807) is 7.05 Å². The third-order valence-electron chi connectivity index (χ3n) is 1.94. The Morgan fingerprint density at radius 2 is 2.45 bits per heavy atom. The van der Waals surface area contributed by atoms with Gasteiger partial charge in [-0.25, -0.2) is 4.79 Å². The van der Waals surface area contributed by atoms with Gasteiger partial charge in [0, 0.05) is 12.6 Å². The largest absolute Gasteiger partial charge is 0.479 e. The van der Waals surface area contributed by atoms with E-state index in [1.165, 1.54) is 0 Å². The molecule has 0 aliphatic carbocycles. The lowest BCUT2D eigenvalue weighted by molar-refractivity contribution is -0.155.